The highest BCUT2D eigenvalue weighted by molar-refractivity contribution is 8.23. The SMILES string of the molecule is CCOC(=S)SC(C)(C)[C@H]1CCC(=O)C[C@@H]1c1ccccc1. The summed E-state index contributed by atoms with van der Waals surface area (Å²) in [7, 11) is 0. The predicted octanol–water partition coefficient (Wildman–Crippen LogP) is 4.97. The molecule has 1 aliphatic carbocycles. The topological polar surface area (TPSA) is 26.3 Å². The fourth-order valence-corrected chi connectivity index (χ4v) is 5.13. The van der Waals surface area contributed by atoms with Crippen molar-refractivity contribution < 1.29 is 9.53 Å². The molecule has 2 atom stereocenters. The molecule has 0 bridgehead atoms. The van der Waals surface area contributed by atoms with Crippen LogP contribution in [0.1, 0.15) is 51.5 Å². The lowest BCUT2D eigenvalue weighted by Crippen LogP contribution is -2.38. The summed E-state index contributed by atoms with van der Waals surface area (Å²) in [6.45, 7) is 7.00. The third-order valence-corrected chi connectivity index (χ3v) is 5.88. The van der Waals surface area contributed by atoms with Crippen LogP contribution in [0, 0.1) is 5.92 Å². The second-order valence-corrected chi connectivity index (χ2v) is 8.55. The van der Waals surface area contributed by atoms with Crippen LogP contribution in [0.25, 0.3) is 0 Å². The second kappa shape index (κ2) is 7.60. The van der Waals surface area contributed by atoms with Crippen molar-refractivity contribution in [3.8, 4) is 0 Å². The molecule has 4 heteroatoms. The van der Waals surface area contributed by atoms with Gasteiger partial charge in [-0.3, -0.25) is 4.79 Å². The van der Waals surface area contributed by atoms with Gasteiger partial charge in [0.2, 0.25) is 4.38 Å². The summed E-state index contributed by atoms with van der Waals surface area (Å²) in [6, 6.07) is 10.4. The summed E-state index contributed by atoms with van der Waals surface area (Å²) in [5, 5.41) is 0. The van der Waals surface area contributed by atoms with Crippen molar-refractivity contribution >= 4 is 34.1 Å². The zero-order valence-electron chi connectivity index (χ0n) is 13.5. The molecule has 0 radical (unpaired) electrons. The van der Waals surface area contributed by atoms with E-state index in [0.29, 0.717) is 35.5 Å². The summed E-state index contributed by atoms with van der Waals surface area (Å²) >= 11 is 6.95. The Morgan fingerprint density at radius 2 is 2.05 bits per heavy atom. The Bertz CT molecular complexity index is 525. The molecular formula is C18H24O2S2. The number of carbonyl (C=O) groups is 1. The fourth-order valence-electron chi connectivity index (χ4n) is 3.33. The van der Waals surface area contributed by atoms with Gasteiger partial charge in [0.25, 0.3) is 0 Å². The van der Waals surface area contributed by atoms with Crippen molar-refractivity contribution in [3.63, 3.8) is 0 Å². The molecule has 1 aliphatic rings. The minimum absolute atomic E-state index is 0.0482. The number of hydrogen-bond donors (Lipinski definition) is 0. The monoisotopic (exact) mass is 336 g/mol. The van der Waals surface area contributed by atoms with Gasteiger partial charge in [-0.1, -0.05) is 42.1 Å². The standard InChI is InChI=1S/C18H24O2S2/c1-4-20-17(21)22-18(2,3)16-11-10-14(19)12-15(16)13-8-6-5-7-9-13/h5-9,15-16H,4,10-12H2,1-3H3/t15-,16+/m1/s1. The Labute approximate surface area is 143 Å². The van der Waals surface area contributed by atoms with Gasteiger partial charge >= 0.3 is 0 Å². The summed E-state index contributed by atoms with van der Waals surface area (Å²) in [5.74, 6) is 1.06. The molecule has 2 rings (SSSR count). The average molecular weight is 337 g/mol. The molecule has 0 aliphatic heterocycles. The normalized spacial score (nSPS) is 22.4. The third-order valence-electron chi connectivity index (χ3n) is 4.40. The van der Waals surface area contributed by atoms with E-state index in [4.69, 9.17) is 17.0 Å². The van der Waals surface area contributed by atoms with Gasteiger partial charge in [-0.05, 0) is 56.8 Å². The first-order chi connectivity index (χ1) is 10.4. The van der Waals surface area contributed by atoms with Gasteiger partial charge in [-0.2, -0.15) is 0 Å². The molecule has 0 heterocycles. The van der Waals surface area contributed by atoms with E-state index in [9.17, 15) is 4.79 Å². The number of thioether (sulfide) groups is 1. The molecule has 1 aromatic carbocycles. The van der Waals surface area contributed by atoms with E-state index in [-0.39, 0.29) is 10.7 Å². The maximum atomic E-state index is 12.0. The number of benzene rings is 1. The van der Waals surface area contributed by atoms with Gasteiger partial charge in [0, 0.05) is 17.6 Å². The minimum Gasteiger partial charge on any atom is -0.479 e. The summed E-state index contributed by atoms with van der Waals surface area (Å²) in [4.78, 5) is 12.0. The van der Waals surface area contributed by atoms with Crippen molar-refractivity contribution in [3.05, 3.63) is 35.9 Å². The third kappa shape index (κ3) is 4.32. The predicted molar refractivity (Wildman–Crippen MR) is 97.4 cm³/mol. The Kier molecular flexibility index (Phi) is 6.04. The molecule has 2 nitrogen and oxygen atoms in total. The van der Waals surface area contributed by atoms with E-state index < -0.39 is 0 Å². The molecule has 1 fully saturated rings. The minimum atomic E-state index is -0.0482. The van der Waals surface area contributed by atoms with E-state index in [1.807, 2.05) is 13.0 Å². The number of ether oxygens (including phenoxy) is 1. The van der Waals surface area contributed by atoms with E-state index >= 15 is 0 Å². The molecule has 1 aromatic rings. The Balaban J connectivity index is 2.21. The molecule has 0 unspecified atom stereocenters. The fraction of sp³-hybridized carbons (Fsp3) is 0.556. The first-order valence-electron chi connectivity index (χ1n) is 7.86. The first-order valence-corrected chi connectivity index (χ1v) is 9.09. The van der Waals surface area contributed by atoms with E-state index in [0.717, 1.165) is 6.42 Å². The van der Waals surface area contributed by atoms with Crippen molar-refractivity contribution in [1.82, 2.24) is 0 Å². The highest BCUT2D eigenvalue weighted by Gasteiger charge is 2.41. The number of carbonyl (C=O) groups excluding carboxylic acids is 1. The van der Waals surface area contributed by atoms with Gasteiger partial charge in [-0.25, -0.2) is 0 Å². The van der Waals surface area contributed by atoms with Crippen LogP contribution in [-0.4, -0.2) is 21.5 Å². The van der Waals surface area contributed by atoms with Crippen LogP contribution in [0.5, 0.6) is 0 Å². The number of ketones is 1. The van der Waals surface area contributed by atoms with Gasteiger partial charge in [-0.15, -0.1) is 0 Å². The van der Waals surface area contributed by atoms with Crippen LogP contribution >= 0.6 is 24.0 Å². The van der Waals surface area contributed by atoms with Crippen LogP contribution in [-0.2, 0) is 9.53 Å². The molecule has 0 saturated heterocycles. The quantitative estimate of drug-likeness (QED) is 0.725. The molecule has 22 heavy (non-hydrogen) atoms. The van der Waals surface area contributed by atoms with Crippen LogP contribution in [0.4, 0.5) is 0 Å². The number of hydrogen-bond acceptors (Lipinski definition) is 4. The Hall–Kier alpha value is -0.870. The Morgan fingerprint density at radius 1 is 1.36 bits per heavy atom. The first kappa shape index (κ1) is 17.5. The summed E-state index contributed by atoms with van der Waals surface area (Å²) < 4.78 is 6.02. The van der Waals surface area contributed by atoms with Gasteiger partial charge in [0.15, 0.2) is 0 Å². The Morgan fingerprint density at radius 3 is 2.68 bits per heavy atom. The summed E-state index contributed by atoms with van der Waals surface area (Å²) in [5.41, 5.74) is 1.26. The van der Waals surface area contributed by atoms with Gasteiger partial charge in [0.05, 0.1) is 6.61 Å². The molecule has 1 saturated carbocycles. The van der Waals surface area contributed by atoms with Crippen LogP contribution in [0.3, 0.4) is 0 Å². The zero-order chi connectivity index (χ0) is 16.2. The van der Waals surface area contributed by atoms with Gasteiger partial charge in [0.1, 0.15) is 5.78 Å². The van der Waals surface area contributed by atoms with Crippen LogP contribution in [0.15, 0.2) is 30.3 Å². The molecular weight excluding hydrogens is 312 g/mol. The lowest BCUT2D eigenvalue weighted by Gasteiger charge is -2.41. The number of thiocarbonyl (C=S) groups is 1. The van der Waals surface area contributed by atoms with E-state index in [1.54, 1.807) is 11.8 Å². The second-order valence-electron chi connectivity index (χ2n) is 6.29. The zero-order valence-corrected chi connectivity index (χ0v) is 15.1. The maximum absolute atomic E-state index is 12.0. The molecule has 0 N–H and O–H groups in total. The van der Waals surface area contributed by atoms with E-state index in [1.165, 1.54) is 5.56 Å². The largest absolute Gasteiger partial charge is 0.479 e. The number of Topliss-reactive ketones (excluding diaryl/α,β-unsaturated/α-hetero) is 1. The van der Waals surface area contributed by atoms with E-state index in [2.05, 4.69) is 38.1 Å². The van der Waals surface area contributed by atoms with Crippen molar-refractivity contribution in [2.75, 3.05) is 6.61 Å². The number of rotatable bonds is 4. The molecule has 120 valence electrons. The lowest BCUT2D eigenvalue weighted by atomic mass is 9.70. The van der Waals surface area contributed by atoms with Crippen molar-refractivity contribution in [1.29, 1.82) is 0 Å². The molecule has 0 aromatic heterocycles. The molecule has 0 spiro atoms. The van der Waals surface area contributed by atoms with Crippen molar-refractivity contribution in [2.24, 2.45) is 5.92 Å². The van der Waals surface area contributed by atoms with Crippen LogP contribution in [0.2, 0.25) is 0 Å². The highest BCUT2D eigenvalue weighted by Crippen LogP contribution is 2.48. The van der Waals surface area contributed by atoms with Crippen molar-refractivity contribution in [2.45, 2.75) is 50.7 Å². The summed E-state index contributed by atoms with van der Waals surface area (Å²) in [6.07, 6.45) is 2.24. The highest BCUT2D eigenvalue weighted by atomic mass is 32.2. The molecule has 0 amide bonds. The lowest BCUT2D eigenvalue weighted by molar-refractivity contribution is -0.121. The smallest absolute Gasteiger partial charge is 0.220 e. The average Bonchev–Trinajstić information content (AvgIpc) is 2.47. The van der Waals surface area contributed by atoms with Gasteiger partial charge < -0.3 is 4.74 Å². The maximum Gasteiger partial charge on any atom is 0.220 e. The van der Waals surface area contributed by atoms with Crippen LogP contribution < -0.4 is 0 Å².